The number of nitrogen functional groups attached to an aromatic ring is 1. The lowest BCUT2D eigenvalue weighted by molar-refractivity contribution is -0.108. The van der Waals surface area contributed by atoms with Crippen molar-refractivity contribution in [1.29, 1.82) is 0 Å². The van der Waals surface area contributed by atoms with Gasteiger partial charge in [-0.1, -0.05) is 11.6 Å². The zero-order valence-corrected chi connectivity index (χ0v) is 7.79. The first-order chi connectivity index (χ1) is 6.24. The first kappa shape index (κ1) is 8.56. The first-order valence-electron chi connectivity index (χ1n) is 4.19. The monoisotopic (exact) mass is 199 g/mol. The number of nitrogens with two attached hydrogens (primary N) is 1. The van der Waals surface area contributed by atoms with E-state index in [1.54, 1.807) is 0 Å². The zero-order valence-electron chi connectivity index (χ0n) is 7.03. The van der Waals surface area contributed by atoms with Gasteiger partial charge in [-0.05, 0) is 12.8 Å². The molecule has 5 heteroatoms. The molecule has 1 heterocycles. The van der Waals surface area contributed by atoms with E-state index in [0.717, 1.165) is 24.8 Å². The molecule has 0 radical (unpaired) electrons. The number of aromatic nitrogens is 2. The van der Waals surface area contributed by atoms with Crippen LogP contribution < -0.4 is 5.73 Å². The average Bonchev–Trinajstić information content (AvgIpc) is 2.89. The van der Waals surface area contributed by atoms with Crippen molar-refractivity contribution in [2.24, 2.45) is 0 Å². The Morgan fingerprint density at radius 3 is 2.92 bits per heavy atom. The van der Waals surface area contributed by atoms with Crippen molar-refractivity contribution in [2.45, 2.75) is 25.3 Å². The SMILES string of the molecule is Nc1c(Cl)c(C2CC2)nn1CC=O. The van der Waals surface area contributed by atoms with E-state index in [1.165, 1.54) is 4.68 Å². The van der Waals surface area contributed by atoms with Crippen molar-refractivity contribution in [3.05, 3.63) is 10.7 Å². The minimum absolute atomic E-state index is 0.179. The Balaban J connectivity index is 2.36. The van der Waals surface area contributed by atoms with E-state index >= 15 is 0 Å². The van der Waals surface area contributed by atoms with Gasteiger partial charge < -0.3 is 10.5 Å². The minimum Gasteiger partial charge on any atom is -0.383 e. The van der Waals surface area contributed by atoms with Crippen LogP contribution in [0.3, 0.4) is 0 Å². The summed E-state index contributed by atoms with van der Waals surface area (Å²) in [5.74, 6) is 0.860. The van der Waals surface area contributed by atoms with Gasteiger partial charge in [0, 0.05) is 5.92 Å². The van der Waals surface area contributed by atoms with Gasteiger partial charge in [-0.25, -0.2) is 4.68 Å². The fourth-order valence-electron chi connectivity index (χ4n) is 1.30. The second-order valence-corrected chi connectivity index (χ2v) is 3.59. The van der Waals surface area contributed by atoms with Crippen molar-refractivity contribution >= 4 is 23.7 Å². The fraction of sp³-hybridized carbons (Fsp3) is 0.500. The van der Waals surface area contributed by atoms with Gasteiger partial charge in [0.1, 0.15) is 17.1 Å². The second-order valence-electron chi connectivity index (χ2n) is 3.21. The number of rotatable bonds is 3. The second kappa shape index (κ2) is 3.03. The van der Waals surface area contributed by atoms with Crippen LogP contribution in [-0.4, -0.2) is 16.1 Å². The summed E-state index contributed by atoms with van der Waals surface area (Å²) < 4.78 is 1.45. The molecule has 1 saturated carbocycles. The fourth-order valence-corrected chi connectivity index (χ4v) is 1.59. The highest BCUT2D eigenvalue weighted by Crippen LogP contribution is 2.43. The molecule has 1 aliphatic rings. The van der Waals surface area contributed by atoms with Crippen LogP contribution in [0.25, 0.3) is 0 Å². The van der Waals surface area contributed by atoms with Crippen molar-refractivity contribution in [3.8, 4) is 0 Å². The summed E-state index contributed by atoms with van der Waals surface area (Å²) in [5.41, 5.74) is 6.51. The molecule has 1 aromatic heterocycles. The molecule has 0 amide bonds. The third-order valence-corrected chi connectivity index (χ3v) is 2.56. The molecule has 2 rings (SSSR count). The van der Waals surface area contributed by atoms with Gasteiger partial charge in [0.2, 0.25) is 0 Å². The molecule has 0 unspecified atom stereocenters. The van der Waals surface area contributed by atoms with Crippen LogP contribution in [0.5, 0.6) is 0 Å². The van der Waals surface area contributed by atoms with E-state index < -0.39 is 0 Å². The van der Waals surface area contributed by atoms with Gasteiger partial charge in [-0.3, -0.25) is 0 Å². The Kier molecular flexibility index (Phi) is 2.00. The van der Waals surface area contributed by atoms with Crippen LogP contribution in [-0.2, 0) is 11.3 Å². The van der Waals surface area contributed by atoms with Crippen LogP contribution in [0, 0.1) is 0 Å². The molecule has 1 fully saturated rings. The summed E-state index contributed by atoms with van der Waals surface area (Å²) >= 11 is 5.96. The zero-order chi connectivity index (χ0) is 9.42. The number of anilines is 1. The van der Waals surface area contributed by atoms with Crippen molar-refractivity contribution in [1.82, 2.24) is 9.78 Å². The molecule has 0 aliphatic heterocycles. The predicted octanol–water partition coefficient (Wildman–Crippen LogP) is 1.20. The summed E-state index contributed by atoms with van der Waals surface area (Å²) in [5, 5.41) is 4.71. The Hall–Kier alpha value is -1.03. The first-order valence-corrected chi connectivity index (χ1v) is 4.57. The standard InChI is InChI=1S/C8H10ClN3O/c9-6-7(5-1-2-5)11-12(3-4-13)8(6)10/h4-5H,1-3,10H2. The number of aldehydes is 1. The smallest absolute Gasteiger partial charge is 0.141 e. The Morgan fingerprint density at radius 2 is 2.38 bits per heavy atom. The van der Waals surface area contributed by atoms with Gasteiger partial charge >= 0.3 is 0 Å². The van der Waals surface area contributed by atoms with Gasteiger partial charge in [0.05, 0.1) is 12.2 Å². The number of carbonyl (C=O) groups excluding carboxylic acids is 1. The molecule has 0 spiro atoms. The van der Waals surface area contributed by atoms with E-state index in [9.17, 15) is 4.79 Å². The quantitative estimate of drug-likeness (QED) is 0.744. The minimum atomic E-state index is 0.179. The molecule has 0 atom stereocenters. The lowest BCUT2D eigenvalue weighted by Crippen LogP contribution is -2.05. The average molecular weight is 200 g/mol. The molecular weight excluding hydrogens is 190 g/mol. The van der Waals surface area contributed by atoms with E-state index in [4.69, 9.17) is 17.3 Å². The van der Waals surface area contributed by atoms with Gasteiger partial charge in [-0.2, -0.15) is 5.10 Å². The summed E-state index contributed by atoms with van der Waals surface area (Å²) in [6.07, 6.45) is 3.00. The van der Waals surface area contributed by atoms with Crippen molar-refractivity contribution in [2.75, 3.05) is 5.73 Å². The maximum absolute atomic E-state index is 10.3. The summed E-state index contributed by atoms with van der Waals surface area (Å²) in [6, 6.07) is 0. The molecule has 1 aromatic rings. The van der Waals surface area contributed by atoms with E-state index in [-0.39, 0.29) is 6.54 Å². The molecule has 1 aliphatic carbocycles. The van der Waals surface area contributed by atoms with Gasteiger partial charge in [0.25, 0.3) is 0 Å². The van der Waals surface area contributed by atoms with E-state index in [2.05, 4.69) is 5.10 Å². The number of hydrogen-bond acceptors (Lipinski definition) is 3. The van der Waals surface area contributed by atoms with Crippen LogP contribution in [0.4, 0.5) is 5.82 Å². The van der Waals surface area contributed by atoms with E-state index in [1.807, 2.05) is 0 Å². The number of nitrogens with zero attached hydrogens (tertiary/aromatic N) is 2. The molecule has 0 aromatic carbocycles. The Labute approximate surface area is 80.7 Å². The van der Waals surface area contributed by atoms with Crippen LogP contribution in [0.2, 0.25) is 5.02 Å². The Morgan fingerprint density at radius 1 is 1.69 bits per heavy atom. The van der Waals surface area contributed by atoms with E-state index in [0.29, 0.717) is 16.8 Å². The maximum atomic E-state index is 10.3. The van der Waals surface area contributed by atoms with Crippen molar-refractivity contribution < 1.29 is 4.79 Å². The maximum Gasteiger partial charge on any atom is 0.141 e. The molecule has 0 bridgehead atoms. The molecule has 2 N–H and O–H groups in total. The predicted molar refractivity (Wildman–Crippen MR) is 49.7 cm³/mol. The molecule has 70 valence electrons. The lowest BCUT2D eigenvalue weighted by Gasteiger charge is -1.95. The number of halogens is 1. The van der Waals surface area contributed by atoms with Gasteiger partial charge in [-0.15, -0.1) is 0 Å². The van der Waals surface area contributed by atoms with Crippen LogP contribution in [0.1, 0.15) is 24.5 Å². The highest BCUT2D eigenvalue weighted by Gasteiger charge is 2.30. The summed E-state index contributed by atoms with van der Waals surface area (Å²) in [6.45, 7) is 0.179. The highest BCUT2D eigenvalue weighted by molar-refractivity contribution is 6.33. The lowest BCUT2D eigenvalue weighted by atomic mass is 10.3. The molecule has 0 saturated heterocycles. The summed E-state index contributed by atoms with van der Waals surface area (Å²) in [7, 11) is 0. The largest absolute Gasteiger partial charge is 0.383 e. The third kappa shape index (κ3) is 1.42. The third-order valence-electron chi connectivity index (χ3n) is 2.17. The summed E-state index contributed by atoms with van der Waals surface area (Å²) in [4.78, 5) is 10.3. The highest BCUT2D eigenvalue weighted by atomic mass is 35.5. The molecule has 4 nitrogen and oxygen atoms in total. The van der Waals surface area contributed by atoms with Gasteiger partial charge in [0.15, 0.2) is 0 Å². The van der Waals surface area contributed by atoms with Crippen molar-refractivity contribution in [3.63, 3.8) is 0 Å². The normalized spacial score (nSPS) is 16.1. The number of carbonyl (C=O) groups is 1. The molecular formula is C8H10ClN3O. The molecule has 13 heavy (non-hydrogen) atoms. The topological polar surface area (TPSA) is 60.9 Å². The number of hydrogen-bond donors (Lipinski definition) is 1. The van der Waals surface area contributed by atoms with Crippen LogP contribution >= 0.6 is 11.6 Å². The Bertz CT molecular complexity index is 343. The van der Waals surface area contributed by atoms with Crippen LogP contribution in [0.15, 0.2) is 0 Å².